The number of benzene rings is 2. The van der Waals surface area contributed by atoms with E-state index in [-0.39, 0.29) is 34.6 Å². The van der Waals surface area contributed by atoms with Gasteiger partial charge in [-0.1, -0.05) is 12.1 Å². The molecule has 40 heavy (non-hydrogen) atoms. The molecule has 1 aromatic heterocycles. The van der Waals surface area contributed by atoms with Gasteiger partial charge in [0.05, 0.1) is 18.8 Å². The Morgan fingerprint density at radius 1 is 0.850 bits per heavy atom. The zero-order valence-electron chi connectivity index (χ0n) is 20.7. The summed E-state index contributed by atoms with van der Waals surface area (Å²) in [4.78, 5) is 13.1. The number of hydrogen-bond donors (Lipinski definition) is 8. The van der Waals surface area contributed by atoms with Gasteiger partial charge >= 0.3 is 0 Å². The van der Waals surface area contributed by atoms with Crippen LogP contribution in [-0.2, 0) is 14.2 Å². The lowest BCUT2D eigenvalue weighted by Crippen LogP contribution is -2.61. The van der Waals surface area contributed by atoms with E-state index in [1.807, 2.05) is 0 Å². The molecule has 14 heteroatoms. The summed E-state index contributed by atoms with van der Waals surface area (Å²) in [6.45, 7) is -0.796. The lowest BCUT2D eigenvalue weighted by molar-refractivity contribution is -0.307. The standard InChI is InChI=1S/C26H28O14/c27-11-3-1-10(2-4-11)13-7-36-16-6-12(5-14(28)18(16)19(13)30)39-26-24(35)22(33)21(32)17(40-26)9-38-25-23(34)20(31)15(29)8-37-25/h1-7,15,17,20-29,31-35H,8-9H2/t15-,17-,20-,21-,22+,23-,24+,25-,26+/m1/s1. The van der Waals surface area contributed by atoms with Crippen molar-refractivity contribution in [1.82, 2.24) is 0 Å². The first-order chi connectivity index (χ1) is 19.0. The van der Waals surface area contributed by atoms with Gasteiger partial charge < -0.3 is 64.2 Å². The van der Waals surface area contributed by atoms with Gasteiger partial charge in [-0.25, -0.2) is 0 Å². The van der Waals surface area contributed by atoms with Crippen molar-refractivity contribution in [2.24, 2.45) is 0 Å². The Hall–Kier alpha value is -3.31. The topological polar surface area (TPSA) is 229 Å². The highest BCUT2D eigenvalue weighted by atomic mass is 16.7. The van der Waals surface area contributed by atoms with E-state index in [1.165, 1.54) is 36.6 Å². The zero-order valence-corrected chi connectivity index (χ0v) is 20.7. The molecule has 2 aliphatic rings. The van der Waals surface area contributed by atoms with E-state index in [2.05, 4.69) is 0 Å². The molecular formula is C26H28O14. The summed E-state index contributed by atoms with van der Waals surface area (Å²) in [7, 11) is 0. The zero-order chi connectivity index (χ0) is 28.7. The van der Waals surface area contributed by atoms with E-state index in [0.717, 1.165) is 6.07 Å². The van der Waals surface area contributed by atoms with Gasteiger partial charge in [-0.15, -0.1) is 0 Å². The number of hydrogen-bond acceptors (Lipinski definition) is 14. The van der Waals surface area contributed by atoms with E-state index < -0.39 is 73.1 Å². The predicted octanol–water partition coefficient (Wildman–Crippen LogP) is -1.49. The number of ether oxygens (including phenoxy) is 4. The number of aliphatic hydroxyl groups excluding tert-OH is 6. The molecule has 14 nitrogen and oxygen atoms in total. The summed E-state index contributed by atoms with van der Waals surface area (Å²) < 4.78 is 27.2. The maximum atomic E-state index is 13.1. The summed E-state index contributed by atoms with van der Waals surface area (Å²) in [5.74, 6) is -0.603. The molecular weight excluding hydrogens is 536 g/mol. The van der Waals surface area contributed by atoms with Crippen LogP contribution in [0.1, 0.15) is 0 Å². The Kier molecular flexibility index (Phi) is 7.96. The van der Waals surface area contributed by atoms with Crippen molar-refractivity contribution in [3.8, 4) is 28.4 Å². The minimum atomic E-state index is -1.75. The molecule has 0 unspecified atom stereocenters. The van der Waals surface area contributed by atoms with Crippen LogP contribution in [0.2, 0.25) is 0 Å². The van der Waals surface area contributed by atoms with Crippen molar-refractivity contribution in [3.05, 3.63) is 52.9 Å². The fourth-order valence-electron chi connectivity index (χ4n) is 4.52. The van der Waals surface area contributed by atoms with E-state index in [9.17, 15) is 45.6 Å². The Morgan fingerprint density at radius 2 is 1.55 bits per heavy atom. The van der Waals surface area contributed by atoms with Crippen molar-refractivity contribution in [2.45, 2.75) is 55.3 Å². The fraction of sp³-hybridized carbons (Fsp3) is 0.423. The maximum absolute atomic E-state index is 13.1. The highest BCUT2D eigenvalue weighted by Gasteiger charge is 2.46. The first kappa shape index (κ1) is 28.2. The largest absolute Gasteiger partial charge is 0.508 e. The second kappa shape index (κ2) is 11.3. The number of phenols is 2. The maximum Gasteiger partial charge on any atom is 0.229 e. The Labute approximate surface area is 225 Å². The second-order valence-corrected chi connectivity index (χ2v) is 9.56. The van der Waals surface area contributed by atoms with Crippen LogP contribution in [0.3, 0.4) is 0 Å². The molecule has 0 amide bonds. The molecule has 8 N–H and O–H groups in total. The fourth-order valence-corrected chi connectivity index (χ4v) is 4.52. The summed E-state index contributed by atoms with van der Waals surface area (Å²) in [5, 5.41) is 80.5. The van der Waals surface area contributed by atoms with Gasteiger partial charge in [0.2, 0.25) is 11.7 Å². The molecule has 0 saturated carbocycles. The molecule has 2 aromatic carbocycles. The lowest BCUT2D eigenvalue weighted by atomic mass is 9.99. The van der Waals surface area contributed by atoms with Crippen LogP contribution in [0, 0.1) is 0 Å². The van der Waals surface area contributed by atoms with Crippen LogP contribution < -0.4 is 10.2 Å². The van der Waals surface area contributed by atoms with Gasteiger partial charge in [-0.05, 0) is 17.7 Å². The minimum Gasteiger partial charge on any atom is -0.508 e. The molecule has 0 bridgehead atoms. The van der Waals surface area contributed by atoms with Crippen LogP contribution in [0.5, 0.6) is 17.2 Å². The van der Waals surface area contributed by atoms with Crippen molar-refractivity contribution in [1.29, 1.82) is 0 Å². The highest BCUT2D eigenvalue weighted by molar-refractivity contribution is 5.88. The molecule has 9 atom stereocenters. The van der Waals surface area contributed by atoms with Gasteiger partial charge in [0, 0.05) is 12.1 Å². The molecule has 3 heterocycles. The van der Waals surface area contributed by atoms with Crippen LogP contribution in [0.25, 0.3) is 22.1 Å². The normalized spacial score (nSPS) is 32.7. The highest BCUT2D eigenvalue weighted by Crippen LogP contribution is 2.33. The number of rotatable bonds is 6. The molecule has 2 fully saturated rings. The first-order valence-corrected chi connectivity index (χ1v) is 12.3. The Bertz CT molecular complexity index is 1390. The van der Waals surface area contributed by atoms with Crippen molar-refractivity contribution < 1.29 is 64.2 Å². The van der Waals surface area contributed by atoms with Crippen molar-refractivity contribution in [3.63, 3.8) is 0 Å². The van der Waals surface area contributed by atoms with Gasteiger partial charge in [0.1, 0.15) is 77.2 Å². The van der Waals surface area contributed by atoms with Crippen molar-refractivity contribution >= 4 is 11.0 Å². The summed E-state index contributed by atoms with van der Waals surface area (Å²) in [6.07, 6.45) is -12.7. The molecule has 216 valence electrons. The number of aliphatic hydroxyl groups is 6. The lowest BCUT2D eigenvalue weighted by Gasteiger charge is -2.41. The summed E-state index contributed by atoms with van der Waals surface area (Å²) in [6, 6.07) is 8.15. The van der Waals surface area contributed by atoms with Crippen LogP contribution in [0.15, 0.2) is 51.9 Å². The average molecular weight is 564 g/mol. The third-order valence-electron chi connectivity index (χ3n) is 6.81. The number of aromatic hydroxyl groups is 2. The smallest absolute Gasteiger partial charge is 0.229 e. The van der Waals surface area contributed by atoms with E-state index in [1.54, 1.807) is 0 Å². The third kappa shape index (κ3) is 5.36. The van der Waals surface area contributed by atoms with E-state index >= 15 is 0 Å². The number of fused-ring (bicyclic) bond motifs is 1. The third-order valence-corrected chi connectivity index (χ3v) is 6.81. The van der Waals surface area contributed by atoms with E-state index in [4.69, 9.17) is 23.4 Å². The molecule has 0 aliphatic carbocycles. The molecule has 5 rings (SSSR count). The van der Waals surface area contributed by atoms with E-state index in [0.29, 0.717) is 5.56 Å². The van der Waals surface area contributed by atoms with Crippen LogP contribution in [-0.4, -0.2) is 109 Å². The molecule has 2 saturated heterocycles. The van der Waals surface area contributed by atoms with Crippen LogP contribution >= 0.6 is 0 Å². The molecule has 0 spiro atoms. The summed E-state index contributed by atoms with van der Waals surface area (Å²) in [5.41, 5.74) is -0.0241. The summed E-state index contributed by atoms with van der Waals surface area (Å²) >= 11 is 0. The van der Waals surface area contributed by atoms with Crippen LogP contribution in [0.4, 0.5) is 0 Å². The molecule has 2 aliphatic heterocycles. The van der Waals surface area contributed by atoms with Gasteiger partial charge in [-0.2, -0.15) is 0 Å². The Balaban J connectivity index is 1.33. The average Bonchev–Trinajstić information content (AvgIpc) is 2.93. The quantitative estimate of drug-likeness (QED) is 0.171. The predicted molar refractivity (Wildman–Crippen MR) is 132 cm³/mol. The SMILES string of the molecule is O=c1c(-c2ccc(O)cc2)coc2cc(O[C@H]3O[C@H](CO[C@H]4OC[C@@H](O)[C@@H](O)[C@H]4O)[C@@H](O)[C@H](O)[C@@H]3O)cc(O)c12. The second-order valence-electron chi connectivity index (χ2n) is 9.56. The van der Waals surface area contributed by atoms with Crippen molar-refractivity contribution in [2.75, 3.05) is 13.2 Å². The van der Waals surface area contributed by atoms with Gasteiger partial charge in [0.25, 0.3) is 0 Å². The molecule has 3 aromatic rings. The van der Waals surface area contributed by atoms with Gasteiger partial charge in [-0.3, -0.25) is 4.79 Å². The minimum absolute atomic E-state index is 0.00988. The monoisotopic (exact) mass is 564 g/mol. The first-order valence-electron chi connectivity index (χ1n) is 12.3. The Morgan fingerprint density at radius 3 is 2.27 bits per heavy atom. The van der Waals surface area contributed by atoms with Gasteiger partial charge in [0.15, 0.2) is 6.29 Å². The number of phenolic OH excluding ortho intramolecular Hbond substituents is 2. The molecule has 0 radical (unpaired) electrons.